The van der Waals surface area contributed by atoms with Crippen LogP contribution in [-0.2, 0) is 0 Å². The second-order valence-electron chi connectivity index (χ2n) is 5.17. The minimum absolute atomic E-state index is 0.903. The lowest BCUT2D eigenvalue weighted by Gasteiger charge is -2.29. The quantitative estimate of drug-likeness (QED) is 0.640. The fraction of sp³-hybridized carbons (Fsp3) is 1.00. The minimum Gasteiger partial charge on any atom is -0.316 e. The molecule has 2 heteroatoms. The molecule has 0 aliphatic carbocycles. The standard InChI is InChI=1S/C14H30N2/c1-3-5-6-7-11-16(4-2)13-14-9-8-10-15-12-14/h14-15H,3-13H2,1-2H3. The maximum atomic E-state index is 3.51. The van der Waals surface area contributed by atoms with Gasteiger partial charge in [-0.25, -0.2) is 0 Å². The van der Waals surface area contributed by atoms with Crippen LogP contribution in [0, 0.1) is 5.92 Å². The van der Waals surface area contributed by atoms with E-state index in [1.165, 1.54) is 71.2 Å². The first kappa shape index (κ1) is 14.0. The Morgan fingerprint density at radius 2 is 2.06 bits per heavy atom. The fourth-order valence-corrected chi connectivity index (χ4v) is 2.59. The number of piperidine rings is 1. The second kappa shape index (κ2) is 9.00. The first-order valence-electron chi connectivity index (χ1n) is 7.29. The van der Waals surface area contributed by atoms with Crippen molar-refractivity contribution >= 4 is 0 Å². The van der Waals surface area contributed by atoms with Crippen LogP contribution in [0.5, 0.6) is 0 Å². The van der Waals surface area contributed by atoms with Crippen molar-refractivity contribution in [1.29, 1.82) is 0 Å². The lowest BCUT2D eigenvalue weighted by molar-refractivity contribution is 0.213. The topological polar surface area (TPSA) is 15.3 Å². The van der Waals surface area contributed by atoms with E-state index < -0.39 is 0 Å². The molecule has 1 saturated heterocycles. The summed E-state index contributed by atoms with van der Waals surface area (Å²) in [6, 6.07) is 0. The van der Waals surface area contributed by atoms with Crippen LogP contribution in [0.2, 0.25) is 0 Å². The Bertz CT molecular complexity index is 153. The Kier molecular flexibility index (Phi) is 7.87. The molecule has 0 aromatic rings. The van der Waals surface area contributed by atoms with Gasteiger partial charge in [0.05, 0.1) is 0 Å². The number of nitrogens with one attached hydrogen (secondary N) is 1. The first-order valence-corrected chi connectivity index (χ1v) is 7.29. The molecular formula is C14H30N2. The van der Waals surface area contributed by atoms with Crippen molar-refractivity contribution < 1.29 is 0 Å². The number of unbranched alkanes of at least 4 members (excludes halogenated alkanes) is 3. The van der Waals surface area contributed by atoms with Gasteiger partial charge < -0.3 is 10.2 Å². The average Bonchev–Trinajstić information content (AvgIpc) is 2.34. The molecule has 1 N–H and O–H groups in total. The molecule has 1 unspecified atom stereocenters. The van der Waals surface area contributed by atoms with Gasteiger partial charge in [-0.05, 0) is 51.4 Å². The zero-order valence-electron chi connectivity index (χ0n) is 11.3. The molecule has 0 saturated carbocycles. The van der Waals surface area contributed by atoms with Crippen molar-refractivity contribution in [3.8, 4) is 0 Å². The third kappa shape index (κ3) is 5.86. The molecule has 0 radical (unpaired) electrons. The normalized spacial score (nSPS) is 21.6. The second-order valence-corrected chi connectivity index (χ2v) is 5.17. The molecule has 0 bridgehead atoms. The molecule has 2 nitrogen and oxygen atoms in total. The molecule has 0 aromatic heterocycles. The molecule has 1 fully saturated rings. The summed E-state index contributed by atoms with van der Waals surface area (Å²) in [5, 5.41) is 3.51. The molecule has 0 spiro atoms. The van der Waals surface area contributed by atoms with E-state index in [1.807, 2.05) is 0 Å². The molecule has 1 rings (SSSR count). The SMILES string of the molecule is CCCCCCN(CC)CC1CCCNC1. The number of hydrogen-bond donors (Lipinski definition) is 1. The van der Waals surface area contributed by atoms with E-state index in [0.29, 0.717) is 0 Å². The van der Waals surface area contributed by atoms with Crippen LogP contribution in [0.25, 0.3) is 0 Å². The van der Waals surface area contributed by atoms with Gasteiger partial charge in [-0.15, -0.1) is 0 Å². The number of hydrogen-bond acceptors (Lipinski definition) is 2. The van der Waals surface area contributed by atoms with Gasteiger partial charge in [-0.1, -0.05) is 33.1 Å². The highest BCUT2D eigenvalue weighted by Gasteiger charge is 2.15. The molecule has 1 atom stereocenters. The van der Waals surface area contributed by atoms with Gasteiger partial charge in [0.2, 0.25) is 0 Å². The van der Waals surface area contributed by atoms with Crippen molar-refractivity contribution in [2.24, 2.45) is 5.92 Å². The lowest BCUT2D eigenvalue weighted by atomic mass is 9.99. The highest BCUT2D eigenvalue weighted by Crippen LogP contribution is 2.12. The van der Waals surface area contributed by atoms with Crippen molar-refractivity contribution in [2.75, 3.05) is 32.7 Å². The third-order valence-corrected chi connectivity index (χ3v) is 3.69. The van der Waals surface area contributed by atoms with Gasteiger partial charge >= 0.3 is 0 Å². The van der Waals surface area contributed by atoms with Crippen LogP contribution >= 0.6 is 0 Å². The van der Waals surface area contributed by atoms with Crippen LogP contribution < -0.4 is 5.32 Å². The summed E-state index contributed by atoms with van der Waals surface area (Å²) in [4.78, 5) is 2.65. The van der Waals surface area contributed by atoms with Gasteiger partial charge in [-0.3, -0.25) is 0 Å². The van der Waals surface area contributed by atoms with Crippen molar-refractivity contribution in [1.82, 2.24) is 10.2 Å². The molecule has 1 heterocycles. The zero-order chi connectivity index (χ0) is 11.6. The molecule has 1 aliphatic rings. The monoisotopic (exact) mass is 226 g/mol. The predicted molar refractivity (Wildman–Crippen MR) is 71.8 cm³/mol. The number of rotatable bonds is 8. The average molecular weight is 226 g/mol. The van der Waals surface area contributed by atoms with E-state index in [2.05, 4.69) is 24.1 Å². The van der Waals surface area contributed by atoms with Crippen LogP contribution in [0.3, 0.4) is 0 Å². The summed E-state index contributed by atoms with van der Waals surface area (Å²) in [5.74, 6) is 0.903. The largest absolute Gasteiger partial charge is 0.316 e. The van der Waals surface area contributed by atoms with Gasteiger partial charge in [0.15, 0.2) is 0 Å². The van der Waals surface area contributed by atoms with Gasteiger partial charge in [0, 0.05) is 6.54 Å². The van der Waals surface area contributed by atoms with Crippen molar-refractivity contribution in [2.45, 2.75) is 52.4 Å². The van der Waals surface area contributed by atoms with E-state index in [4.69, 9.17) is 0 Å². The Balaban J connectivity index is 2.09. The Hall–Kier alpha value is -0.0800. The van der Waals surface area contributed by atoms with E-state index in [-0.39, 0.29) is 0 Å². The molecule has 0 amide bonds. The Labute approximate surface area is 102 Å². The van der Waals surface area contributed by atoms with Gasteiger partial charge in [0.25, 0.3) is 0 Å². The van der Waals surface area contributed by atoms with Crippen molar-refractivity contribution in [3.63, 3.8) is 0 Å². The Morgan fingerprint density at radius 3 is 2.69 bits per heavy atom. The van der Waals surface area contributed by atoms with E-state index in [0.717, 1.165) is 5.92 Å². The fourth-order valence-electron chi connectivity index (χ4n) is 2.59. The van der Waals surface area contributed by atoms with Crippen LogP contribution in [0.15, 0.2) is 0 Å². The molecular weight excluding hydrogens is 196 g/mol. The third-order valence-electron chi connectivity index (χ3n) is 3.69. The minimum atomic E-state index is 0.903. The summed E-state index contributed by atoms with van der Waals surface area (Å²) in [6.45, 7) is 10.9. The van der Waals surface area contributed by atoms with E-state index in [1.54, 1.807) is 0 Å². The van der Waals surface area contributed by atoms with Crippen LogP contribution in [-0.4, -0.2) is 37.6 Å². The molecule has 16 heavy (non-hydrogen) atoms. The smallest absolute Gasteiger partial charge is 0.00217 e. The number of nitrogens with zero attached hydrogens (tertiary/aromatic N) is 1. The first-order chi connectivity index (χ1) is 7.86. The summed E-state index contributed by atoms with van der Waals surface area (Å²) < 4.78 is 0. The molecule has 0 aromatic carbocycles. The van der Waals surface area contributed by atoms with E-state index in [9.17, 15) is 0 Å². The highest BCUT2D eigenvalue weighted by molar-refractivity contribution is 4.72. The Morgan fingerprint density at radius 1 is 1.19 bits per heavy atom. The van der Waals surface area contributed by atoms with Crippen molar-refractivity contribution in [3.05, 3.63) is 0 Å². The molecule has 1 aliphatic heterocycles. The van der Waals surface area contributed by atoms with E-state index >= 15 is 0 Å². The molecule has 96 valence electrons. The zero-order valence-corrected chi connectivity index (χ0v) is 11.3. The predicted octanol–water partition coefficient (Wildman–Crippen LogP) is 2.89. The summed E-state index contributed by atoms with van der Waals surface area (Å²) in [6.07, 6.45) is 8.36. The van der Waals surface area contributed by atoms with Gasteiger partial charge in [-0.2, -0.15) is 0 Å². The lowest BCUT2D eigenvalue weighted by Crippen LogP contribution is -2.38. The summed E-state index contributed by atoms with van der Waals surface area (Å²) in [5.41, 5.74) is 0. The summed E-state index contributed by atoms with van der Waals surface area (Å²) in [7, 11) is 0. The summed E-state index contributed by atoms with van der Waals surface area (Å²) >= 11 is 0. The van der Waals surface area contributed by atoms with Crippen LogP contribution in [0.4, 0.5) is 0 Å². The maximum Gasteiger partial charge on any atom is 0.00217 e. The van der Waals surface area contributed by atoms with Gasteiger partial charge in [0.1, 0.15) is 0 Å². The maximum absolute atomic E-state index is 3.51. The van der Waals surface area contributed by atoms with Crippen LogP contribution in [0.1, 0.15) is 52.4 Å². The highest BCUT2D eigenvalue weighted by atomic mass is 15.1.